The molecule has 0 aliphatic carbocycles. The maximum absolute atomic E-state index is 12.4. The van der Waals surface area contributed by atoms with Gasteiger partial charge in [0.2, 0.25) is 0 Å². The number of amides is 1. The minimum Gasteiger partial charge on any atom is -0.335 e. The topological polar surface area (TPSA) is 75.4 Å². The van der Waals surface area contributed by atoms with Crippen LogP contribution in [-0.4, -0.2) is 51.9 Å². The molecular weight excluding hydrogens is 318 g/mol. The number of hydrogen-bond donors (Lipinski definition) is 1. The number of nitrogens with two attached hydrogens (primary N) is 1. The Kier molecular flexibility index (Phi) is 4.82. The maximum Gasteiger partial charge on any atom is 0.273 e. The zero-order valence-electron chi connectivity index (χ0n) is 12.5. The normalized spacial score (nSPS) is 16.2. The highest BCUT2D eigenvalue weighted by molar-refractivity contribution is 7.10. The zero-order chi connectivity index (χ0) is 15.5. The molecule has 3 rings (SSSR count). The number of thiazole rings is 2. The first-order valence-electron chi connectivity index (χ1n) is 7.23. The number of carbonyl (C=O) groups excluding carboxylic acids is 1. The largest absolute Gasteiger partial charge is 0.335 e. The van der Waals surface area contributed by atoms with Crippen molar-refractivity contribution in [3.8, 4) is 0 Å². The Morgan fingerprint density at radius 2 is 2.00 bits per heavy atom. The van der Waals surface area contributed by atoms with Crippen LogP contribution in [0.15, 0.2) is 10.8 Å². The number of carbonyl (C=O) groups is 1. The van der Waals surface area contributed by atoms with Gasteiger partial charge in [-0.3, -0.25) is 9.69 Å². The Morgan fingerprint density at radius 3 is 2.59 bits per heavy atom. The second-order valence-electron chi connectivity index (χ2n) is 5.26. The molecule has 1 saturated heterocycles. The standard InChI is InChI=1S/C14H19N5OS2/c1-10-16-11(8-21-10)7-18-2-4-19(5-3-18)14(20)12-9-22-13(6-15)17-12/h8-9H,2-7,15H2,1H3. The molecule has 0 unspecified atom stereocenters. The lowest BCUT2D eigenvalue weighted by Crippen LogP contribution is -2.48. The smallest absolute Gasteiger partial charge is 0.273 e. The first kappa shape index (κ1) is 15.5. The SMILES string of the molecule is Cc1nc(CN2CCN(C(=O)c3csc(CN)n3)CC2)cs1. The number of piperazine rings is 1. The summed E-state index contributed by atoms with van der Waals surface area (Å²) >= 11 is 3.13. The molecule has 22 heavy (non-hydrogen) atoms. The van der Waals surface area contributed by atoms with Gasteiger partial charge in [-0.05, 0) is 6.92 Å². The zero-order valence-corrected chi connectivity index (χ0v) is 14.1. The molecule has 0 saturated carbocycles. The lowest BCUT2D eigenvalue weighted by molar-refractivity contribution is 0.0622. The molecule has 6 nitrogen and oxygen atoms in total. The van der Waals surface area contributed by atoms with E-state index in [-0.39, 0.29) is 5.91 Å². The summed E-state index contributed by atoms with van der Waals surface area (Å²) in [6.45, 7) is 6.48. The average molecular weight is 337 g/mol. The van der Waals surface area contributed by atoms with Gasteiger partial charge in [0.05, 0.1) is 10.7 Å². The summed E-state index contributed by atoms with van der Waals surface area (Å²) < 4.78 is 0. The monoisotopic (exact) mass is 337 g/mol. The molecule has 2 aromatic rings. The fraction of sp³-hybridized carbons (Fsp3) is 0.500. The summed E-state index contributed by atoms with van der Waals surface area (Å²) in [6, 6.07) is 0. The summed E-state index contributed by atoms with van der Waals surface area (Å²) in [4.78, 5) is 25.4. The van der Waals surface area contributed by atoms with Crippen LogP contribution in [-0.2, 0) is 13.1 Å². The summed E-state index contributed by atoms with van der Waals surface area (Å²) in [5.41, 5.74) is 7.19. The molecule has 2 N–H and O–H groups in total. The van der Waals surface area contributed by atoms with Crippen molar-refractivity contribution in [1.82, 2.24) is 19.8 Å². The van der Waals surface area contributed by atoms with Gasteiger partial charge in [0.25, 0.3) is 5.91 Å². The van der Waals surface area contributed by atoms with E-state index in [1.165, 1.54) is 11.3 Å². The summed E-state index contributed by atoms with van der Waals surface area (Å²) in [7, 11) is 0. The highest BCUT2D eigenvalue weighted by atomic mass is 32.1. The Balaban J connectivity index is 1.53. The molecule has 3 heterocycles. The van der Waals surface area contributed by atoms with Gasteiger partial charge in [0.1, 0.15) is 10.7 Å². The Labute approximate surface area is 137 Å². The van der Waals surface area contributed by atoms with Crippen molar-refractivity contribution in [2.45, 2.75) is 20.0 Å². The van der Waals surface area contributed by atoms with Gasteiger partial charge in [-0.2, -0.15) is 0 Å². The number of nitrogens with zero attached hydrogens (tertiary/aromatic N) is 4. The van der Waals surface area contributed by atoms with Crippen LogP contribution in [0.2, 0.25) is 0 Å². The Hall–Kier alpha value is -1.35. The third-order valence-electron chi connectivity index (χ3n) is 3.66. The molecule has 0 radical (unpaired) electrons. The van der Waals surface area contributed by atoms with Gasteiger partial charge in [-0.1, -0.05) is 0 Å². The van der Waals surface area contributed by atoms with Crippen molar-refractivity contribution in [3.63, 3.8) is 0 Å². The first-order chi connectivity index (χ1) is 10.7. The second kappa shape index (κ2) is 6.82. The molecule has 0 aromatic carbocycles. The van der Waals surface area contributed by atoms with E-state index in [0.29, 0.717) is 12.2 Å². The molecular formula is C14H19N5OS2. The van der Waals surface area contributed by atoms with Crippen molar-refractivity contribution >= 4 is 28.6 Å². The first-order valence-corrected chi connectivity index (χ1v) is 8.98. The van der Waals surface area contributed by atoms with E-state index < -0.39 is 0 Å². The fourth-order valence-electron chi connectivity index (χ4n) is 2.48. The van der Waals surface area contributed by atoms with Crippen LogP contribution in [0.25, 0.3) is 0 Å². The molecule has 2 aromatic heterocycles. The van der Waals surface area contributed by atoms with E-state index in [1.807, 2.05) is 11.8 Å². The molecule has 8 heteroatoms. The summed E-state index contributed by atoms with van der Waals surface area (Å²) in [5, 5.41) is 5.81. The minimum absolute atomic E-state index is 0.0140. The van der Waals surface area contributed by atoms with Crippen molar-refractivity contribution in [2.24, 2.45) is 5.73 Å². The van der Waals surface area contributed by atoms with Crippen molar-refractivity contribution in [1.29, 1.82) is 0 Å². The fourth-order valence-corrected chi connectivity index (χ4v) is 3.74. The van der Waals surface area contributed by atoms with E-state index in [1.54, 1.807) is 16.7 Å². The molecule has 118 valence electrons. The van der Waals surface area contributed by atoms with Gasteiger partial charge >= 0.3 is 0 Å². The van der Waals surface area contributed by atoms with Gasteiger partial charge in [0.15, 0.2) is 0 Å². The number of aryl methyl sites for hydroxylation is 1. The molecule has 1 amide bonds. The predicted molar refractivity (Wildman–Crippen MR) is 88.0 cm³/mol. The van der Waals surface area contributed by atoms with E-state index in [4.69, 9.17) is 5.73 Å². The van der Waals surface area contributed by atoms with Crippen molar-refractivity contribution < 1.29 is 4.79 Å². The molecule has 0 spiro atoms. The van der Waals surface area contributed by atoms with Crippen LogP contribution in [0.1, 0.15) is 26.2 Å². The molecule has 1 fully saturated rings. The summed E-state index contributed by atoms with van der Waals surface area (Å²) in [5.74, 6) is 0.0140. The number of hydrogen-bond acceptors (Lipinski definition) is 7. The lowest BCUT2D eigenvalue weighted by Gasteiger charge is -2.34. The predicted octanol–water partition coefficient (Wildman–Crippen LogP) is 1.32. The van der Waals surface area contributed by atoms with E-state index in [0.717, 1.165) is 48.4 Å². The quantitative estimate of drug-likeness (QED) is 0.911. The average Bonchev–Trinajstić information content (AvgIpc) is 3.16. The minimum atomic E-state index is 0.0140. The van der Waals surface area contributed by atoms with Crippen LogP contribution >= 0.6 is 22.7 Å². The number of rotatable bonds is 4. The maximum atomic E-state index is 12.4. The van der Waals surface area contributed by atoms with E-state index >= 15 is 0 Å². The van der Waals surface area contributed by atoms with Crippen LogP contribution in [0, 0.1) is 6.92 Å². The van der Waals surface area contributed by atoms with Gasteiger partial charge < -0.3 is 10.6 Å². The molecule has 0 bridgehead atoms. The van der Waals surface area contributed by atoms with E-state index in [2.05, 4.69) is 20.2 Å². The van der Waals surface area contributed by atoms with Crippen LogP contribution in [0.5, 0.6) is 0 Å². The molecule has 0 atom stereocenters. The summed E-state index contributed by atoms with van der Waals surface area (Å²) in [6.07, 6.45) is 0. The van der Waals surface area contributed by atoms with Crippen LogP contribution < -0.4 is 5.73 Å². The van der Waals surface area contributed by atoms with Crippen molar-refractivity contribution in [3.05, 3.63) is 32.2 Å². The Morgan fingerprint density at radius 1 is 1.23 bits per heavy atom. The van der Waals surface area contributed by atoms with Crippen LogP contribution in [0.3, 0.4) is 0 Å². The van der Waals surface area contributed by atoms with Gasteiger partial charge in [-0.15, -0.1) is 22.7 Å². The third-order valence-corrected chi connectivity index (χ3v) is 5.35. The van der Waals surface area contributed by atoms with Gasteiger partial charge in [0, 0.05) is 50.0 Å². The third kappa shape index (κ3) is 3.52. The van der Waals surface area contributed by atoms with Crippen LogP contribution in [0.4, 0.5) is 0 Å². The highest BCUT2D eigenvalue weighted by Crippen LogP contribution is 2.15. The molecule has 1 aliphatic heterocycles. The number of aromatic nitrogens is 2. The highest BCUT2D eigenvalue weighted by Gasteiger charge is 2.24. The molecule has 1 aliphatic rings. The Bertz CT molecular complexity index is 645. The van der Waals surface area contributed by atoms with E-state index in [9.17, 15) is 4.79 Å². The van der Waals surface area contributed by atoms with Gasteiger partial charge in [-0.25, -0.2) is 9.97 Å². The lowest BCUT2D eigenvalue weighted by atomic mass is 10.2. The van der Waals surface area contributed by atoms with Crippen molar-refractivity contribution in [2.75, 3.05) is 26.2 Å². The second-order valence-corrected chi connectivity index (χ2v) is 7.26.